The second kappa shape index (κ2) is 8.39. The van der Waals surface area contributed by atoms with Gasteiger partial charge in [-0.1, -0.05) is 12.1 Å². The molecule has 0 bridgehead atoms. The van der Waals surface area contributed by atoms with Crippen molar-refractivity contribution in [2.75, 3.05) is 26.3 Å². The third-order valence-electron chi connectivity index (χ3n) is 5.44. The lowest BCUT2D eigenvalue weighted by molar-refractivity contribution is -0.274. The van der Waals surface area contributed by atoms with Gasteiger partial charge in [-0.25, -0.2) is 0 Å². The van der Waals surface area contributed by atoms with E-state index in [-0.39, 0.29) is 31.0 Å². The minimum atomic E-state index is -4.73. The van der Waals surface area contributed by atoms with E-state index in [1.54, 1.807) is 29.2 Å². The van der Waals surface area contributed by atoms with Crippen LogP contribution in [0.2, 0.25) is 0 Å². The number of hydrogen-bond donors (Lipinski definition) is 1. The fourth-order valence-corrected chi connectivity index (χ4v) is 3.66. The van der Waals surface area contributed by atoms with Gasteiger partial charge in [-0.3, -0.25) is 4.79 Å². The van der Waals surface area contributed by atoms with E-state index in [0.717, 1.165) is 5.56 Å². The predicted octanol–water partition coefficient (Wildman–Crippen LogP) is 3.49. The third kappa shape index (κ3) is 5.11. The summed E-state index contributed by atoms with van der Waals surface area (Å²) in [5.41, 5.74) is 0.315. The molecule has 2 aromatic carbocycles. The van der Waals surface area contributed by atoms with Crippen LogP contribution in [0.3, 0.4) is 0 Å². The monoisotopic (exact) mass is 437 g/mol. The first-order chi connectivity index (χ1) is 14.7. The first kappa shape index (κ1) is 21.5. The summed E-state index contributed by atoms with van der Waals surface area (Å²) in [5, 5.41) is 10.3. The van der Waals surface area contributed by atoms with Crippen LogP contribution in [0.4, 0.5) is 13.2 Å². The van der Waals surface area contributed by atoms with Crippen LogP contribution in [0, 0.1) is 0 Å². The predicted molar refractivity (Wildman–Crippen MR) is 104 cm³/mol. The van der Waals surface area contributed by atoms with Crippen molar-refractivity contribution in [1.29, 1.82) is 0 Å². The maximum Gasteiger partial charge on any atom is 0.573 e. The van der Waals surface area contributed by atoms with E-state index < -0.39 is 12.0 Å². The summed E-state index contributed by atoms with van der Waals surface area (Å²) in [6, 6.07) is 12.2. The van der Waals surface area contributed by atoms with Crippen molar-refractivity contribution in [2.24, 2.45) is 0 Å². The van der Waals surface area contributed by atoms with Gasteiger partial charge >= 0.3 is 6.36 Å². The highest BCUT2D eigenvalue weighted by Gasteiger charge is 2.38. The largest absolute Gasteiger partial charge is 0.573 e. The highest BCUT2D eigenvalue weighted by atomic mass is 19.4. The molecular formula is C22H22F3NO5. The van der Waals surface area contributed by atoms with Crippen LogP contribution < -0.4 is 9.47 Å². The molecule has 4 rings (SSSR count). The number of benzene rings is 2. The number of aliphatic hydroxyl groups is 1. The van der Waals surface area contributed by atoms with Gasteiger partial charge in [0.25, 0.3) is 5.91 Å². The average molecular weight is 437 g/mol. The van der Waals surface area contributed by atoms with Crippen molar-refractivity contribution in [1.82, 2.24) is 4.90 Å². The topological polar surface area (TPSA) is 68.2 Å². The molecule has 2 fully saturated rings. The van der Waals surface area contributed by atoms with Crippen LogP contribution >= 0.6 is 0 Å². The second-order valence-electron chi connectivity index (χ2n) is 7.73. The van der Waals surface area contributed by atoms with Gasteiger partial charge in [0, 0.05) is 31.5 Å². The number of carbonyl (C=O) groups excluding carboxylic acids is 1. The molecule has 2 aromatic rings. The standard InChI is InChI=1S/C22H22F3NO5/c23-22(24,25)31-19-7-5-17(6-8-19)30-18-9-11-26(12-10-18)20(27)15-1-3-16(4-2-15)21(28)13-29-14-21/h1-8,18,28H,9-14H2. The molecule has 0 atom stereocenters. The van der Waals surface area contributed by atoms with Gasteiger partial charge in [0.2, 0.25) is 0 Å². The Balaban J connectivity index is 1.28. The molecule has 0 spiro atoms. The summed E-state index contributed by atoms with van der Waals surface area (Å²) in [5.74, 6) is 0.0616. The SMILES string of the molecule is O=C(c1ccc(C2(O)COC2)cc1)N1CCC(Oc2ccc(OC(F)(F)F)cc2)CC1. The molecule has 1 amide bonds. The summed E-state index contributed by atoms with van der Waals surface area (Å²) in [6.45, 7) is 1.54. The molecule has 166 valence electrons. The number of piperidine rings is 1. The van der Waals surface area contributed by atoms with Crippen molar-refractivity contribution in [3.05, 3.63) is 59.7 Å². The van der Waals surface area contributed by atoms with Crippen LogP contribution in [0.25, 0.3) is 0 Å². The number of hydrogen-bond acceptors (Lipinski definition) is 5. The van der Waals surface area contributed by atoms with Gasteiger partial charge in [0.1, 0.15) is 23.2 Å². The van der Waals surface area contributed by atoms with Crippen LogP contribution in [0.1, 0.15) is 28.8 Å². The van der Waals surface area contributed by atoms with Crippen LogP contribution in [0.5, 0.6) is 11.5 Å². The van der Waals surface area contributed by atoms with E-state index in [9.17, 15) is 23.1 Å². The third-order valence-corrected chi connectivity index (χ3v) is 5.44. The quantitative estimate of drug-likeness (QED) is 0.776. The maximum absolute atomic E-state index is 12.8. The minimum Gasteiger partial charge on any atom is -0.490 e. The van der Waals surface area contributed by atoms with Gasteiger partial charge in [-0.05, 0) is 42.0 Å². The molecule has 2 aliphatic heterocycles. The number of ether oxygens (including phenoxy) is 3. The fourth-order valence-electron chi connectivity index (χ4n) is 3.66. The number of likely N-dealkylation sites (tertiary alicyclic amines) is 1. The Morgan fingerprint density at radius 2 is 1.58 bits per heavy atom. The van der Waals surface area contributed by atoms with E-state index in [1.807, 2.05) is 0 Å². The van der Waals surface area contributed by atoms with Crippen molar-refractivity contribution in [3.8, 4) is 11.5 Å². The molecule has 9 heteroatoms. The van der Waals surface area contributed by atoms with Gasteiger partial charge in [-0.15, -0.1) is 13.2 Å². The van der Waals surface area contributed by atoms with Gasteiger partial charge < -0.3 is 24.2 Å². The molecule has 0 unspecified atom stereocenters. The highest BCUT2D eigenvalue weighted by molar-refractivity contribution is 5.94. The molecule has 0 aliphatic carbocycles. The van der Waals surface area contributed by atoms with Crippen molar-refractivity contribution >= 4 is 5.91 Å². The smallest absolute Gasteiger partial charge is 0.490 e. The van der Waals surface area contributed by atoms with E-state index in [1.165, 1.54) is 24.3 Å². The van der Waals surface area contributed by atoms with Crippen molar-refractivity contribution < 1.29 is 37.3 Å². The van der Waals surface area contributed by atoms with E-state index in [4.69, 9.17) is 9.47 Å². The first-order valence-corrected chi connectivity index (χ1v) is 9.94. The molecule has 31 heavy (non-hydrogen) atoms. The summed E-state index contributed by atoms with van der Waals surface area (Å²) >= 11 is 0. The van der Waals surface area contributed by atoms with Gasteiger partial charge in [0.05, 0.1) is 13.2 Å². The Bertz CT molecular complexity index is 902. The Kier molecular flexibility index (Phi) is 5.81. The molecule has 0 aromatic heterocycles. The molecule has 0 radical (unpaired) electrons. The molecule has 2 heterocycles. The Morgan fingerprint density at radius 3 is 2.10 bits per heavy atom. The van der Waals surface area contributed by atoms with E-state index in [0.29, 0.717) is 37.2 Å². The first-order valence-electron chi connectivity index (χ1n) is 9.94. The lowest BCUT2D eigenvalue weighted by atomic mass is 9.91. The van der Waals surface area contributed by atoms with Gasteiger partial charge in [-0.2, -0.15) is 0 Å². The fraction of sp³-hybridized carbons (Fsp3) is 0.409. The number of amides is 1. The number of alkyl halides is 3. The van der Waals surface area contributed by atoms with E-state index in [2.05, 4.69) is 4.74 Å². The Hall–Kier alpha value is -2.78. The lowest BCUT2D eigenvalue weighted by Crippen LogP contribution is -2.46. The number of carbonyl (C=O) groups is 1. The summed E-state index contributed by atoms with van der Waals surface area (Å²) in [4.78, 5) is 14.5. The number of nitrogens with zero attached hydrogens (tertiary/aromatic N) is 1. The lowest BCUT2D eigenvalue weighted by Gasteiger charge is -2.37. The van der Waals surface area contributed by atoms with Crippen molar-refractivity contribution in [3.63, 3.8) is 0 Å². The van der Waals surface area contributed by atoms with Crippen molar-refractivity contribution in [2.45, 2.75) is 30.9 Å². The van der Waals surface area contributed by atoms with Gasteiger partial charge in [0.15, 0.2) is 0 Å². The molecule has 2 aliphatic rings. The second-order valence-corrected chi connectivity index (χ2v) is 7.73. The number of halogens is 3. The van der Waals surface area contributed by atoms with Crippen LogP contribution in [0.15, 0.2) is 48.5 Å². The van der Waals surface area contributed by atoms with E-state index >= 15 is 0 Å². The molecular weight excluding hydrogens is 415 g/mol. The molecule has 6 nitrogen and oxygen atoms in total. The summed E-state index contributed by atoms with van der Waals surface area (Å²) < 4.78 is 51.4. The summed E-state index contributed by atoms with van der Waals surface area (Å²) in [6.07, 6.45) is -3.63. The zero-order valence-electron chi connectivity index (χ0n) is 16.6. The zero-order valence-corrected chi connectivity index (χ0v) is 16.6. The average Bonchev–Trinajstić information content (AvgIpc) is 2.73. The van der Waals surface area contributed by atoms with Crippen LogP contribution in [-0.4, -0.2) is 54.7 Å². The van der Waals surface area contributed by atoms with Crippen LogP contribution in [-0.2, 0) is 10.3 Å². The minimum absolute atomic E-state index is 0.0875. The Morgan fingerprint density at radius 1 is 1.00 bits per heavy atom. The normalized spacial score (nSPS) is 18.9. The molecule has 2 saturated heterocycles. The summed E-state index contributed by atoms with van der Waals surface area (Å²) in [7, 11) is 0. The Labute approximate surface area is 177 Å². The zero-order chi connectivity index (χ0) is 22.1. The highest BCUT2D eigenvalue weighted by Crippen LogP contribution is 2.30. The number of rotatable bonds is 5. The molecule has 0 saturated carbocycles. The molecule has 1 N–H and O–H groups in total. The maximum atomic E-state index is 12.8.